The molecule has 1 atom stereocenters. The topological polar surface area (TPSA) is 118 Å². The number of amides is 1. The molecule has 266 valence electrons. The number of halogens is 1. The molecule has 0 saturated heterocycles. The molecule has 0 fully saturated rings. The highest BCUT2D eigenvalue weighted by Gasteiger charge is 2.33. The molecule has 2 aromatic heterocycles. The van der Waals surface area contributed by atoms with Crippen LogP contribution in [-0.4, -0.2) is 60.4 Å². The molecule has 1 amide bonds. The van der Waals surface area contributed by atoms with Gasteiger partial charge in [0.2, 0.25) is 11.8 Å². The van der Waals surface area contributed by atoms with Gasteiger partial charge in [-0.15, -0.1) is 0 Å². The van der Waals surface area contributed by atoms with Crippen molar-refractivity contribution in [3.63, 3.8) is 0 Å². The number of hydrogen-bond donors (Lipinski definition) is 1. The zero-order valence-electron chi connectivity index (χ0n) is 30.3. The highest BCUT2D eigenvalue weighted by atomic mass is 32.2. The predicted octanol–water partition coefficient (Wildman–Crippen LogP) is 7.42. The van der Waals surface area contributed by atoms with E-state index in [1.54, 1.807) is 24.4 Å². The van der Waals surface area contributed by atoms with Crippen molar-refractivity contribution in [3.8, 4) is 17.1 Å². The molecule has 0 saturated carbocycles. The number of sulfonamides is 1. The van der Waals surface area contributed by atoms with Crippen molar-refractivity contribution >= 4 is 27.6 Å². The highest BCUT2D eigenvalue weighted by Crippen LogP contribution is 2.32. The third-order valence-electron chi connectivity index (χ3n) is 8.41. The predicted molar refractivity (Wildman–Crippen MR) is 194 cm³/mol. The molecular formula is C38H47FN6O4S. The number of nitrogens with zero attached hydrogens (tertiary/aromatic N) is 5. The third kappa shape index (κ3) is 8.58. The Morgan fingerprint density at radius 2 is 1.66 bits per heavy atom. The molecular weight excluding hydrogens is 656 g/mol. The molecule has 5 rings (SSSR count). The van der Waals surface area contributed by atoms with Crippen LogP contribution in [0.25, 0.3) is 11.3 Å². The number of pyridine rings is 1. The Kier molecular flexibility index (Phi) is 10.3. The van der Waals surface area contributed by atoms with Crippen molar-refractivity contribution in [2.75, 3.05) is 29.8 Å². The maximum Gasteiger partial charge on any atom is 0.264 e. The fraction of sp³-hybridized carbons (Fsp3) is 0.421. The number of hydrogen-bond acceptors (Lipinski definition) is 8. The van der Waals surface area contributed by atoms with Gasteiger partial charge < -0.3 is 14.5 Å². The smallest absolute Gasteiger partial charge is 0.264 e. The van der Waals surface area contributed by atoms with Gasteiger partial charge in [0.25, 0.3) is 15.9 Å². The van der Waals surface area contributed by atoms with E-state index in [1.165, 1.54) is 23.1 Å². The lowest BCUT2D eigenvalue weighted by Crippen LogP contribution is -2.45. The maximum atomic E-state index is 16.3. The van der Waals surface area contributed by atoms with Crippen LogP contribution >= 0.6 is 0 Å². The molecule has 3 heterocycles. The molecule has 10 nitrogen and oxygen atoms in total. The van der Waals surface area contributed by atoms with Gasteiger partial charge in [0.05, 0.1) is 34.6 Å². The summed E-state index contributed by atoms with van der Waals surface area (Å²) < 4.78 is 52.6. The molecule has 1 aliphatic heterocycles. The van der Waals surface area contributed by atoms with Crippen molar-refractivity contribution in [2.24, 2.45) is 10.8 Å². The lowest BCUT2D eigenvalue weighted by atomic mass is 9.87. The van der Waals surface area contributed by atoms with Crippen LogP contribution in [0.5, 0.6) is 5.88 Å². The van der Waals surface area contributed by atoms with Crippen molar-refractivity contribution in [1.82, 2.24) is 19.9 Å². The van der Waals surface area contributed by atoms with Crippen LogP contribution < -0.4 is 14.4 Å². The molecule has 0 unspecified atom stereocenters. The maximum absolute atomic E-state index is 16.3. The van der Waals surface area contributed by atoms with Crippen LogP contribution in [-0.2, 0) is 16.6 Å². The van der Waals surface area contributed by atoms with Gasteiger partial charge in [-0.1, -0.05) is 65.8 Å². The van der Waals surface area contributed by atoms with Crippen molar-refractivity contribution in [3.05, 3.63) is 89.0 Å². The zero-order chi connectivity index (χ0) is 36.6. The highest BCUT2D eigenvalue weighted by molar-refractivity contribution is 7.92. The largest absolute Gasteiger partial charge is 0.475 e. The zero-order valence-corrected chi connectivity index (χ0v) is 31.2. The number of rotatable bonds is 6. The lowest BCUT2D eigenvalue weighted by molar-refractivity contribution is 0.0506. The number of aromatic nitrogens is 3. The summed E-state index contributed by atoms with van der Waals surface area (Å²) in [5.74, 6) is -1.04. The van der Waals surface area contributed by atoms with Gasteiger partial charge in [-0.25, -0.2) is 22.5 Å². The van der Waals surface area contributed by atoms with Crippen molar-refractivity contribution in [2.45, 2.75) is 79.3 Å². The molecule has 2 aromatic carbocycles. The van der Waals surface area contributed by atoms with Crippen LogP contribution in [0.3, 0.4) is 0 Å². The molecule has 1 N–H and O–H groups in total. The van der Waals surface area contributed by atoms with E-state index in [9.17, 15) is 13.2 Å². The fourth-order valence-corrected chi connectivity index (χ4v) is 7.37. The number of anilines is 2. The molecule has 0 aliphatic carbocycles. The number of carbonyl (C=O) groups is 1. The van der Waals surface area contributed by atoms with Crippen LogP contribution in [0.4, 0.5) is 16.0 Å². The molecule has 50 heavy (non-hydrogen) atoms. The summed E-state index contributed by atoms with van der Waals surface area (Å²) in [4.78, 5) is 31.2. The number of carbonyl (C=O) groups excluding carboxylic acids is 1. The summed E-state index contributed by atoms with van der Waals surface area (Å²) in [6.45, 7) is 16.7. The van der Waals surface area contributed by atoms with E-state index in [-0.39, 0.29) is 52.0 Å². The van der Waals surface area contributed by atoms with E-state index in [2.05, 4.69) is 61.2 Å². The van der Waals surface area contributed by atoms with Gasteiger partial charge in [-0.3, -0.25) is 9.78 Å². The van der Waals surface area contributed by atoms with Gasteiger partial charge in [0, 0.05) is 37.0 Å². The van der Waals surface area contributed by atoms with Crippen LogP contribution in [0.2, 0.25) is 0 Å². The minimum absolute atomic E-state index is 0.0106. The number of nitrogens with one attached hydrogen (secondary N) is 1. The second-order valence-electron chi connectivity index (χ2n) is 15.5. The van der Waals surface area contributed by atoms with Gasteiger partial charge in [-0.05, 0) is 66.5 Å². The van der Waals surface area contributed by atoms with E-state index in [0.29, 0.717) is 24.3 Å². The van der Waals surface area contributed by atoms with Crippen molar-refractivity contribution in [1.29, 1.82) is 0 Å². The van der Waals surface area contributed by atoms with E-state index in [1.807, 2.05) is 44.0 Å². The first-order valence-corrected chi connectivity index (χ1v) is 18.2. The van der Waals surface area contributed by atoms with Crippen LogP contribution in [0.1, 0.15) is 75.1 Å². The average molecular weight is 703 g/mol. The molecule has 4 aromatic rings. The van der Waals surface area contributed by atoms with E-state index in [4.69, 9.17) is 4.74 Å². The molecule has 4 bridgehead atoms. The van der Waals surface area contributed by atoms with E-state index < -0.39 is 27.8 Å². The SMILES string of the molecule is Cc1cccc(C)c1-c1cc2nc(n1)NS(=O)(=O)c1cccc(c1)C(=O)N(Cc1nccc(N(C)CC(C)(C)C)c1F)[C@H](CC(C)(C)C)CO2. The summed E-state index contributed by atoms with van der Waals surface area (Å²) in [7, 11) is -2.41. The first-order valence-electron chi connectivity index (χ1n) is 16.7. The number of aryl methyl sites for hydroxylation is 2. The number of benzene rings is 2. The summed E-state index contributed by atoms with van der Waals surface area (Å²) in [6, 6.07) is 14.3. The normalized spacial score (nSPS) is 16.4. The summed E-state index contributed by atoms with van der Waals surface area (Å²) in [5, 5.41) is 0. The van der Waals surface area contributed by atoms with E-state index in [0.717, 1.165) is 16.7 Å². The Labute approximate surface area is 295 Å². The molecule has 12 heteroatoms. The first kappa shape index (κ1) is 36.7. The second kappa shape index (κ2) is 14.0. The van der Waals surface area contributed by atoms with Gasteiger partial charge in [0.1, 0.15) is 6.61 Å². The van der Waals surface area contributed by atoms with Crippen molar-refractivity contribution < 1.29 is 22.3 Å². The van der Waals surface area contributed by atoms with E-state index >= 15 is 4.39 Å². The van der Waals surface area contributed by atoms with Gasteiger partial charge in [0.15, 0.2) is 5.82 Å². The molecule has 0 spiro atoms. The average Bonchev–Trinajstić information content (AvgIpc) is 3.00. The number of ether oxygens (including phenoxy) is 1. The minimum atomic E-state index is -4.24. The molecule has 1 aliphatic rings. The Hall–Kier alpha value is -4.58. The Morgan fingerprint density at radius 3 is 2.32 bits per heavy atom. The Bertz CT molecular complexity index is 1990. The minimum Gasteiger partial charge on any atom is -0.475 e. The first-order chi connectivity index (χ1) is 23.3. The summed E-state index contributed by atoms with van der Waals surface area (Å²) in [6.07, 6.45) is 2.02. The lowest BCUT2D eigenvalue weighted by Gasteiger charge is -2.36. The second-order valence-corrected chi connectivity index (χ2v) is 17.2. The Morgan fingerprint density at radius 1 is 0.980 bits per heavy atom. The number of fused-ring (bicyclic) bond motifs is 4. The summed E-state index contributed by atoms with van der Waals surface area (Å²) >= 11 is 0. The van der Waals surface area contributed by atoms with Gasteiger partial charge in [-0.2, -0.15) is 4.98 Å². The summed E-state index contributed by atoms with van der Waals surface area (Å²) in [5.41, 5.74) is 3.41. The van der Waals surface area contributed by atoms with Crippen LogP contribution in [0.15, 0.2) is 65.7 Å². The molecule has 0 radical (unpaired) electrons. The third-order valence-corrected chi connectivity index (χ3v) is 9.74. The standard InChI is InChI=1S/C38H47FN6O4S/c1-24-12-10-13-25(2)33(24)29-19-32-42-36(41-29)43-50(47,48)28-15-11-14-26(18-28)35(46)45(27(22-49-32)20-37(3,4)5)21-30-34(39)31(16-17-40-30)44(9)23-38(6,7)8/h10-19,27H,20-23H2,1-9H3,(H,41,42,43)/t27-/m1/s1. The Balaban J connectivity index is 1.66. The van der Waals surface area contributed by atoms with Crippen LogP contribution in [0, 0.1) is 30.5 Å². The monoisotopic (exact) mass is 702 g/mol. The van der Waals surface area contributed by atoms with Gasteiger partial charge >= 0.3 is 0 Å². The fourth-order valence-electron chi connectivity index (χ4n) is 6.39. The quantitative estimate of drug-likeness (QED) is 0.221.